The molecule has 1 amide bonds. The summed E-state index contributed by atoms with van der Waals surface area (Å²) in [7, 11) is 0. The third kappa shape index (κ3) is 3.82. The first-order valence-electron chi connectivity index (χ1n) is 7.53. The van der Waals surface area contributed by atoms with E-state index in [-0.39, 0.29) is 18.1 Å². The van der Waals surface area contributed by atoms with Gasteiger partial charge in [0.05, 0.1) is 6.10 Å². The van der Waals surface area contributed by atoms with Crippen LogP contribution in [0.5, 0.6) is 0 Å². The van der Waals surface area contributed by atoms with E-state index < -0.39 is 0 Å². The van der Waals surface area contributed by atoms with Gasteiger partial charge in [-0.05, 0) is 39.5 Å². The van der Waals surface area contributed by atoms with E-state index >= 15 is 0 Å². The maximum absolute atomic E-state index is 12.3. The van der Waals surface area contributed by atoms with E-state index in [1.54, 1.807) is 13.1 Å². The van der Waals surface area contributed by atoms with Crippen molar-refractivity contribution in [3.8, 4) is 0 Å². The molecule has 2 unspecified atom stereocenters. The van der Waals surface area contributed by atoms with Crippen molar-refractivity contribution in [2.24, 2.45) is 0 Å². The number of aliphatic hydroxyl groups is 1. The lowest BCUT2D eigenvalue weighted by Crippen LogP contribution is -2.37. The predicted octanol–water partition coefficient (Wildman–Crippen LogP) is 1.73. The minimum atomic E-state index is -0.331. The van der Waals surface area contributed by atoms with Crippen LogP contribution in [-0.4, -0.2) is 44.2 Å². The van der Waals surface area contributed by atoms with E-state index in [2.05, 4.69) is 9.55 Å². The van der Waals surface area contributed by atoms with Crippen LogP contribution in [0.3, 0.4) is 0 Å². The smallest absolute Gasteiger partial charge is 0.222 e. The Morgan fingerprint density at radius 2 is 2.40 bits per heavy atom. The Bertz CT molecular complexity index is 442. The van der Waals surface area contributed by atoms with Gasteiger partial charge in [0.25, 0.3) is 0 Å². The second-order valence-corrected chi connectivity index (χ2v) is 5.74. The number of carbonyl (C=O) groups excluding carboxylic acids is 1. The Morgan fingerprint density at radius 3 is 3.05 bits per heavy atom. The average molecular weight is 279 g/mol. The van der Waals surface area contributed by atoms with Gasteiger partial charge < -0.3 is 14.6 Å². The molecule has 2 atom stereocenters. The zero-order valence-corrected chi connectivity index (χ0v) is 12.5. The molecule has 5 heteroatoms. The highest BCUT2D eigenvalue weighted by Crippen LogP contribution is 2.22. The van der Waals surface area contributed by atoms with Crippen molar-refractivity contribution in [1.82, 2.24) is 14.5 Å². The van der Waals surface area contributed by atoms with Crippen molar-refractivity contribution >= 4 is 5.91 Å². The number of aryl methyl sites for hydroxylation is 2. The van der Waals surface area contributed by atoms with Crippen molar-refractivity contribution < 1.29 is 9.90 Å². The summed E-state index contributed by atoms with van der Waals surface area (Å²) in [6, 6.07) is 0.234. The lowest BCUT2D eigenvalue weighted by atomic mass is 10.1. The van der Waals surface area contributed by atoms with Crippen molar-refractivity contribution in [3.63, 3.8) is 0 Å². The molecule has 2 rings (SSSR count). The fourth-order valence-corrected chi connectivity index (χ4v) is 2.99. The topological polar surface area (TPSA) is 58.4 Å². The van der Waals surface area contributed by atoms with E-state index in [0.29, 0.717) is 12.8 Å². The molecule has 1 aliphatic rings. The van der Waals surface area contributed by atoms with Crippen LogP contribution >= 0.6 is 0 Å². The van der Waals surface area contributed by atoms with Crippen LogP contribution in [0, 0.1) is 6.92 Å². The molecule has 20 heavy (non-hydrogen) atoms. The van der Waals surface area contributed by atoms with Crippen molar-refractivity contribution in [2.75, 3.05) is 6.54 Å². The van der Waals surface area contributed by atoms with Gasteiger partial charge in [-0.2, -0.15) is 0 Å². The van der Waals surface area contributed by atoms with E-state index in [4.69, 9.17) is 0 Å². The molecule has 1 aliphatic heterocycles. The first kappa shape index (κ1) is 15.0. The molecule has 1 saturated heterocycles. The van der Waals surface area contributed by atoms with E-state index in [9.17, 15) is 9.90 Å². The van der Waals surface area contributed by atoms with Gasteiger partial charge in [-0.25, -0.2) is 4.98 Å². The second-order valence-electron chi connectivity index (χ2n) is 5.74. The lowest BCUT2D eigenvalue weighted by molar-refractivity contribution is -0.132. The molecule has 1 N–H and O–H groups in total. The van der Waals surface area contributed by atoms with Crippen LogP contribution in [0.2, 0.25) is 0 Å². The van der Waals surface area contributed by atoms with Gasteiger partial charge in [0, 0.05) is 37.9 Å². The highest BCUT2D eigenvalue weighted by molar-refractivity contribution is 5.76. The molecule has 112 valence electrons. The van der Waals surface area contributed by atoms with Crippen LogP contribution in [0.25, 0.3) is 0 Å². The summed E-state index contributed by atoms with van der Waals surface area (Å²) >= 11 is 0. The summed E-state index contributed by atoms with van der Waals surface area (Å²) in [5, 5.41) is 9.50. The quantitative estimate of drug-likeness (QED) is 0.863. The SMILES string of the molecule is Cc1nccn1CCCC(=O)N1CCCC1CC(C)O. The van der Waals surface area contributed by atoms with Crippen LogP contribution < -0.4 is 0 Å². The molecule has 1 fully saturated rings. The Balaban J connectivity index is 1.78. The lowest BCUT2D eigenvalue weighted by Gasteiger charge is -2.25. The van der Waals surface area contributed by atoms with Gasteiger partial charge in [-0.15, -0.1) is 0 Å². The number of nitrogens with zero attached hydrogens (tertiary/aromatic N) is 3. The number of amides is 1. The van der Waals surface area contributed by atoms with E-state index in [0.717, 1.165) is 38.2 Å². The van der Waals surface area contributed by atoms with Gasteiger partial charge in [-0.1, -0.05) is 0 Å². The number of likely N-dealkylation sites (tertiary alicyclic amines) is 1. The summed E-state index contributed by atoms with van der Waals surface area (Å²) in [5.74, 6) is 1.22. The minimum absolute atomic E-state index is 0.228. The summed E-state index contributed by atoms with van der Waals surface area (Å²) in [6.45, 7) is 5.45. The molecular weight excluding hydrogens is 254 g/mol. The van der Waals surface area contributed by atoms with Gasteiger partial charge in [-0.3, -0.25) is 4.79 Å². The van der Waals surface area contributed by atoms with Gasteiger partial charge in [0.2, 0.25) is 5.91 Å². The zero-order valence-electron chi connectivity index (χ0n) is 12.5. The third-order valence-corrected chi connectivity index (χ3v) is 4.02. The highest BCUT2D eigenvalue weighted by atomic mass is 16.3. The van der Waals surface area contributed by atoms with E-state index in [1.807, 2.05) is 18.0 Å². The van der Waals surface area contributed by atoms with Crippen molar-refractivity contribution in [3.05, 3.63) is 18.2 Å². The number of carbonyl (C=O) groups is 1. The molecular formula is C15H25N3O2. The molecule has 5 nitrogen and oxygen atoms in total. The Hall–Kier alpha value is -1.36. The average Bonchev–Trinajstić information content (AvgIpc) is 2.98. The van der Waals surface area contributed by atoms with Crippen LogP contribution in [0.15, 0.2) is 12.4 Å². The van der Waals surface area contributed by atoms with Crippen molar-refractivity contribution in [2.45, 2.75) is 64.6 Å². The summed E-state index contributed by atoms with van der Waals surface area (Å²) in [5.41, 5.74) is 0. The number of rotatable bonds is 6. The van der Waals surface area contributed by atoms with E-state index in [1.165, 1.54) is 0 Å². The Kier molecular flexibility index (Phi) is 5.17. The molecule has 0 aromatic carbocycles. The maximum atomic E-state index is 12.3. The normalized spacial score (nSPS) is 20.4. The zero-order chi connectivity index (χ0) is 14.5. The van der Waals surface area contributed by atoms with Crippen LogP contribution in [0.1, 0.15) is 44.9 Å². The molecule has 0 radical (unpaired) electrons. The monoisotopic (exact) mass is 279 g/mol. The molecule has 0 aliphatic carbocycles. The minimum Gasteiger partial charge on any atom is -0.393 e. The van der Waals surface area contributed by atoms with Crippen molar-refractivity contribution in [1.29, 1.82) is 0 Å². The first-order valence-corrected chi connectivity index (χ1v) is 7.53. The number of aromatic nitrogens is 2. The van der Waals surface area contributed by atoms with Gasteiger partial charge in [0.15, 0.2) is 0 Å². The number of aliphatic hydroxyl groups excluding tert-OH is 1. The third-order valence-electron chi connectivity index (χ3n) is 4.02. The Morgan fingerprint density at radius 1 is 1.60 bits per heavy atom. The van der Waals surface area contributed by atoms with Gasteiger partial charge in [0.1, 0.15) is 5.82 Å². The number of hydrogen-bond donors (Lipinski definition) is 1. The number of imidazole rings is 1. The number of hydrogen-bond acceptors (Lipinski definition) is 3. The summed E-state index contributed by atoms with van der Waals surface area (Å²) < 4.78 is 2.07. The predicted molar refractivity (Wildman–Crippen MR) is 77.2 cm³/mol. The van der Waals surface area contributed by atoms with Crippen LogP contribution in [0.4, 0.5) is 0 Å². The molecule has 0 spiro atoms. The summed E-state index contributed by atoms with van der Waals surface area (Å²) in [4.78, 5) is 18.4. The van der Waals surface area contributed by atoms with Gasteiger partial charge >= 0.3 is 0 Å². The first-order chi connectivity index (χ1) is 9.58. The molecule has 0 bridgehead atoms. The largest absolute Gasteiger partial charge is 0.393 e. The molecule has 0 saturated carbocycles. The molecule has 1 aromatic heterocycles. The summed E-state index contributed by atoms with van der Waals surface area (Å²) in [6.07, 6.45) is 7.61. The fourth-order valence-electron chi connectivity index (χ4n) is 2.99. The fraction of sp³-hybridized carbons (Fsp3) is 0.733. The standard InChI is InChI=1S/C15H25N3O2/c1-12(19)11-14-5-3-9-18(14)15(20)6-4-8-17-10-7-16-13(17)2/h7,10,12,14,19H,3-6,8-9,11H2,1-2H3. The maximum Gasteiger partial charge on any atom is 0.222 e. The van der Waals surface area contributed by atoms with Crippen LogP contribution in [-0.2, 0) is 11.3 Å². The Labute approximate surface area is 120 Å². The molecule has 1 aromatic rings. The highest BCUT2D eigenvalue weighted by Gasteiger charge is 2.28. The second kappa shape index (κ2) is 6.88. The molecule has 2 heterocycles.